The van der Waals surface area contributed by atoms with Crippen LogP contribution in [0.2, 0.25) is 0 Å². The fourth-order valence-corrected chi connectivity index (χ4v) is 8.32. The third-order valence-electron chi connectivity index (χ3n) is 9.21. The Kier molecular flexibility index (Phi) is 7.06. The average Bonchev–Trinajstić information content (AvgIpc) is 3.35. The zero-order valence-electron chi connectivity index (χ0n) is 24.1. The lowest BCUT2D eigenvalue weighted by Gasteiger charge is -2.54. The number of ketones is 1. The quantitative estimate of drug-likeness (QED) is 0.108. The maximum atomic E-state index is 14.5. The van der Waals surface area contributed by atoms with Crippen molar-refractivity contribution in [3.63, 3.8) is 0 Å². The third-order valence-corrected chi connectivity index (χ3v) is 10.5. The van der Waals surface area contributed by atoms with Gasteiger partial charge in [-0.25, -0.2) is 4.79 Å². The minimum atomic E-state index is -1.39. The molecule has 1 aliphatic heterocycles. The van der Waals surface area contributed by atoms with Crippen LogP contribution in [-0.2, 0) is 35.3 Å². The van der Waals surface area contributed by atoms with Gasteiger partial charge in [0.25, 0.3) is 0 Å². The van der Waals surface area contributed by atoms with Crippen molar-refractivity contribution >= 4 is 46.8 Å². The Bertz CT molecular complexity index is 1750. The van der Waals surface area contributed by atoms with Gasteiger partial charge in [0.05, 0.1) is 18.9 Å². The number of ether oxygens (including phenoxy) is 2. The molecule has 1 heterocycles. The van der Waals surface area contributed by atoms with E-state index in [1.807, 2.05) is 54.6 Å². The van der Waals surface area contributed by atoms with Gasteiger partial charge in [-0.1, -0.05) is 91.0 Å². The average molecular weight is 641 g/mol. The van der Waals surface area contributed by atoms with Gasteiger partial charge < -0.3 is 9.47 Å². The van der Waals surface area contributed by atoms with Crippen molar-refractivity contribution in [3.05, 3.63) is 137 Å². The zero-order valence-corrected chi connectivity index (χ0v) is 25.6. The molecule has 0 unspecified atom stereocenters. The number of nitrogens with zero attached hydrogens (tertiary/aromatic N) is 1. The molecule has 1 saturated heterocycles. The number of esters is 1. The summed E-state index contributed by atoms with van der Waals surface area (Å²) in [5, 5.41) is 0. The van der Waals surface area contributed by atoms with Crippen molar-refractivity contribution in [1.82, 2.24) is 4.90 Å². The second-order valence-electron chi connectivity index (χ2n) is 11.5. The first-order valence-corrected chi connectivity index (χ1v) is 15.3. The first-order chi connectivity index (χ1) is 21.7. The van der Waals surface area contributed by atoms with E-state index in [4.69, 9.17) is 32.7 Å². The summed E-state index contributed by atoms with van der Waals surface area (Å²) in [5.41, 5.74) is 3.64. The van der Waals surface area contributed by atoms with Gasteiger partial charge in [0.15, 0.2) is 12.4 Å². The molecular formula is C36H27Cl2NO6. The number of likely N-dealkylation sites (tertiary alicyclic amines) is 1. The minimum absolute atomic E-state index is 0.0194. The third kappa shape index (κ3) is 4.25. The van der Waals surface area contributed by atoms with Crippen molar-refractivity contribution in [2.24, 2.45) is 11.8 Å². The number of methoxy groups -OCH3 is 1. The molecule has 7 nitrogen and oxygen atoms in total. The standard InChI is InChI=1S/C36H27Cl2NO6/c1-44-23-13-9-12-22(19-23)29(40)20-45-34(43)28(18-21-10-3-2-4-11-21)39-32(41)30-31(33(39)42)36(38)25-15-6-5-14-24(25)35(30,37)26-16-7-8-17-27(26)36/h2-17,19,28,30-31H,18,20H2,1H3/t28-,30-,31+,35?,36?/m0/s1. The van der Waals surface area contributed by atoms with Crippen molar-refractivity contribution in [3.8, 4) is 5.75 Å². The maximum Gasteiger partial charge on any atom is 0.330 e. The molecule has 226 valence electrons. The van der Waals surface area contributed by atoms with Crippen LogP contribution in [0.4, 0.5) is 0 Å². The molecule has 9 heteroatoms. The van der Waals surface area contributed by atoms with Crippen LogP contribution in [0, 0.1) is 11.8 Å². The number of hydrogen-bond donors (Lipinski definition) is 0. The fourth-order valence-electron chi connectivity index (χ4n) is 7.23. The first kappa shape index (κ1) is 29.3. The van der Waals surface area contributed by atoms with Crippen LogP contribution in [0.15, 0.2) is 103 Å². The van der Waals surface area contributed by atoms with Gasteiger partial charge >= 0.3 is 5.97 Å². The van der Waals surface area contributed by atoms with Crippen LogP contribution in [0.25, 0.3) is 0 Å². The minimum Gasteiger partial charge on any atom is -0.497 e. The number of carbonyl (C=O) groups is 4. The molecule has 8 rings (SSSR count). The lowest BCUT2D eigenvalue weighted by atomic mass is 9.54. The van der Waals surface area contributed by atoms with Crippen molar-refractivity contribution in [2.45, 2.75) is 22.2 Å². The lowest BCUT2D eigenvalue weighted by molar-refractivity contribution is -0.158. The normalized spacial score (nSPS) is 24.8. The molecule has 0 N–H and O–H groups in total. The smallest absolute Gasteiger partial charge is 0.330 e. The highest BCUT2D eigenvalue weighted by Gasteiger charge is 2.73. The molecule has 4 aromatic rings. The number of alkyl halides is 2. The molecule has 4 aliphatic rings. The van der Waals surface area contributed by atoms with Crippen LogP contribution < -0.4 is 4.74 Å². The number of Topliss-reactive ketones (excluding diaryl/α,β-unsaturated/α-hetero) is 1. The molecule has 45 heavy (non-hydrogen) atoms. The second-order valence-corrected chi connectivity index (χ2v) is 12.7. The van der Waals surface area contributed by atoms with E-state index in [2.05, 4.69) is 0 Å². The van der Waals surface area contributed by atoms with Crippen LogP contribution in [0.5, 0.6) is 5.75 Å². The number of benzene rings is 4. The first-order valence-electron chi connectivity index (χ1n) is 14.5. The molecule has 0 aromatic heterocycles. The second kappa shape index (κ2) is 10.9. The van der Waals surface area contributed by atoms with E-state index in [0.29, 0.717) is 39.1 Å². The summed E-state index contributed by atoms with van der Waals surface area (Å²) >= 11 is 15.1. The summed E-state index contributed by atoms with van der Waals surface area (Å²) in [6, 6.07) is 28.8. The Hall–Kier alpha value is -4.46. The van der Waals surface area contributed by atoms with Crippen LogP contribution in [-0.4, -0.2) is 48.2 Å². The van der Waals surface area contributed by atoms with Crippen LogP contribution in [0.3, 0.4) is 0 Å². The highest BCUT2D eigenvalue weighted by molar-refractivity contribution is 6.36. The molecule has 2 bridgehead atoms. The summed E-state index contributed by atoms with van der Waals surface area (Å²) in [6.07, 6.45) is -0.0194. The summed E-state index contributed by atoms with van der Waals surface area (Å²) in [5.74, 6) is -4.22. The number of amides is 2. The number of carbonyl (C=O) groups excluding carboxylic acids is 4. The van der Waals surface area contributed by atoms with Gasteiger partial charge in [-0.2, -0.15) is 0 Å². The molecule has 3 atom stereocenters. The van der Waals surface area contributed by atoms with Crippen LogP contribution >= 0.6 is 23.2 Å². The van der Waals surface area contributed by atoms with Gasteiger partial charge in [-0.15, -0.1) is 23.2 Å². The Balaban J connectivity index is 1.27. The topological polar surface area (TPSA) is 90.0 Å². The predicted octanol–water partition coefficient (Wildman–Crippen LogP) is 5.63. The van der Waals surface area contributed by atoms with E-state index in [1.54, 1.807) is 48.5 Å². The van der Waals surface area contributed by atoms with Crippen molar-refractivity contribution in [2.75, 3.05) is 13.7 Å². The molecule has 0 radical (unpaired) electrons. The summed E-state index contributed by atoms with van der Waals surface area (Å²) in [4.78, 5) is 54.1. The number of rotatable bonds is 8. The Morgan fingerprint density at radius 3 is 1.78 bits per heavy atom. The zero-order chi connectivity index (χ0) is 31.5. The number of hydrogen-bond acceptors (Lipinski definition) is 6. The Morgan fingerprint density at radius 2 is 1.27 bits per heavy atom. The molecular weight excluding hydrogens is 613 g/mol. The molecule has 3 aliphatic carbocycles. The van der Waals surface area contributed by atoms with Crippen molar-refractivity contribution < 1.29 is 28.7 Å². The van der Waals surface area contributed by atoms with E-state index < -0.39 is 57.8 Å². The van der Waals surface area contributed by atoms with E-state index in [1.165, 1.54) is 7.11 Å². The Labute approximate surface area is 269 Å². The summed E-state index contributed by atoms with van der Waals surface area (Å²) in [7, 11) is 1.48. The highest BCUT2D eigenvalue weighted by Crippen LogP contribution is 2.69. The monoisotopic (exact) mass is 639 g/mol. The van der Waals surface area contributed by atoms with Crippen molar-refractivity contribution in [1.29, 1.82) is 0 Å². The summed E-state index contributed by atoms with van der Waals surface area (Å²) in [6.45, 7) is -0.587. The molecule has 2 amide bonds. The molecule has 0 saturated carbocycles. The van der Waals surface area contributed by atoms with Gasteiger partial charge in [0.2, 0.25) is 11.8 Å². The number of halogens is 2. The van der Waals surface area contributed by atoms with E-state index in [9.17, 15) is 19.2 Å². The summed E-state index contributed by atoms with van der Waals surface area (Å²) < 4.78 is 10.7. The highest BCUT2D eigenvalue weighted by atomic mass is 35.5. The fraction of sp³-hybridized carbons (Fsp3) is 0.222. The molecule has 1 fully saturated rings. The maximum absolute atomic E-state index is 14.5. The van der Waals surface area contributed by atoms with Gasteiger partial charge in [0, 0.05) is 12.0 Å². The number of imide groups is 1. The van der Waals surface area contributed by atoms with Crippen LogP contribution in [0.1, 0.15) is 38.2 Å². The SMILES string of the molecule is COc1cccc(C(=O)COC(=O)[C@H](Cc2ccccc2)N2C(=O)[C@@H]3[C@H](C2=O)C2(Cl)c4ccccc4C3(Cl)c3ccccc32)c1. The largest absolute Gasteiger partial charge is 0.497 e. The Morgan fingerprint density at radius 1 is 0.756 bits per heavy atom. The molecule has 0 spiro atoms. The van der Waals surface area contributed by atoms with Gasteiger partial charge in [-0.05, 0) is 39.9 Å². The van der Waals surface area contributed by atoms with E-state index in [0.717, 1.165) is 4.90 Å². The van der Waals surface area contributed by atoms with Gasteiger partial charge in [0.1, 0.15) is 21.5 Å². The lowest BCUT2D eigenvalue weighted by Crippen LogP contribution is -2.57. The van der Waals surface area contributed by atoms with E-state index >= 15 is 0 Å². The molecule has 4 aromatic carbocycles. The van der Waals surface area contributed by atoms with Gasteiger partial charge in [-0.3, -0.25) is 19.3 Å². The predicted molar refractivity (Wildman–Crippen MR) is 167 cm³/mol. The van der Waals surface area contributed by atoms with E-state index in [-0.39, 0.29) is 6.42 Å².